The van der Waals surface area contributed by atoms with E-state index in [0.717, 1.165) is 37.6 Å². The number of unbranched alkanes of at least 4 members (excludes halogenated alkanes) is 3. The minimum absolute atomic E-state index is 0.533. The second-order valence-corrected chi connectivity index (χ2v) is 4.18. The summed E-state index contributed by atoms with van der Waals surface area (Å²) in [5.74, 6) is 0.813. The predicted octanol–water partition coefficient (Wildman–Crippen LogP) is 2.88. The van der Waals surface area contributed by atoms with E-state index in [9.17, 15) is 0 Å². The smallest absolute Gasteiger partial charge is 0.162 e. The van der Waals surface area contributed by atoms with Crippen LogP contribution in [0.25, 0.3) is 0 Å². The van der Waals surface area contributed by atoms with Crippen LogP contribution in [0.2, 0.25) is 0 Å². The highest BCUT2D eigenvalue weighted by Gasteiger charge is 2.03. The van der Waals surface area contributed by atoms with E-state index < -0.39 is 0 Å². The van der Waals surface area contributed by atoms with Gasteiger partial charge < -0.3 is 14.6 Å². The zero-order chi connectivity index (χ0) is 12.3. The normalized spacial score (nSPS) is 10.9. The average Bonchev–Trinajstić information content (AvgIpc) is 2.79. The van der Waals surface area contributed by atoms with Gasteiger partial charge in [0.1, 0.15) is 6.61 Å². The van der Waals surface area contributed by atoms with Crippen LogP contribution in [-0.2, 0) is 17.9 Å². The predicted molar refractivity (Wildman–Crippen MR) is 67.7 cm³/mol. The number of nitrogens with one attached hydrogen (secondary N) is 1. The van der Waals surface area contributed by atoms with E-state index >= 15 is 0 Å². The molecule has 0 aliphatic rings. The maximum atomic E-state index is 5.53. The third-order valence-electron chi connectivity index (χ3n) is 2.55. The summed E-state index contributed by atoms with van der Waals surface area (Å²) in [6.07, 6.45) is 4.93. The third-order valence-corrected chi connectivity index (χ3v) is 2.55. The molecule has 98 valence electrons. The van der Waals surface area contributed by atoms with Crippen molar-refractivity contribution in [2.75, 3.05) is 13.2 Å². The molecule has 0 spiro atoms. The fourth-order valence-electron chi connectivity index (χ4n) is 1.56. The first-order valence-corrected chi connectivity index (χ1v) is 6.59. The van der Waals surface area contributed by atoms with Crippen molar-refractivity contribution in [2.45, 2.75) is 52.7 Å². The van der Waals surface area contributed by atoms with Crippen molar-refractivity contribution in [1.82, 2.24) is 10.5 Å². The van der Waals surface area contributed by atoms with Gasteiger partial charge in [-0.1, -0.05) is 38.3 Å². The van der Waals surface area contributed by atoms with Gasteiger partial charge in [-0.25, -0.2) is 0 Å². The molecule has 0 aliphatic carbocycles. The van der Waals surface area contributed by atoms with E-state index in [0.29, 0.717) is 6.61 Å². The maximum Gasteiger partial charge on any atom is 0.162 e. The SMILES string of the molecule is CCCCCCOCc1cc(CNCC)no1. The molecule has 0 atom stereocenters. The lowest BCUT2D eigenvalue weighted by Gasteiger charge is -2.00. The van der Waals surface area contributed by atoms with Gasteiger partial charge in [0, 0.05) is 19.2 Å². The molecule has 0 fully saturated rings. The largest absolute Gasteiger partial charge is 0.373 e. The van der Waals surface area contributed by atoms with E-state index in [1.165, 1.54) is 19.3 Å². The highest BCUT2D eigenvalue weighted by atomic mass is 16.5. The summed E-state index contributed by atoms with van der Waals surface area (Å²) >= 11 is 0. The maximum absolute atomic E-state index is 5.53. The summed E-state index contributed by atoms with van der Waals surface area (Å²) in [6.45, 7) is 7.32. The molecule has 0 bridgehead atoms. The topological polar surface area (TPSA) is 47.3 Å². The van der Waals surface area contributed by atoms with Crippen molar-refractivity contribution in [3.63, 3.8) is 0 Å². The molecule has 0 radical (unpaired) electrons. The van der Waals surface area contributed by atoms with Crippen LogP contribution in [0.5, 0.6) is 0 Å². The lowest BCUT2D eigenvalue weighted by atomic mass is 10.2. The van der Waals surface area contributed by atoms with E-state index in [1.54, 1.807) is 0 Å². The molecule has 0 aromatic carbocycles. The minimum Gasteiger partial charge on any atom is -0.373 e. The zero-order valence-corrected chi connectivity index (χ0v) is 11.0. The van der Waals surface area contributed by atoms with E-state index in [4.69, 9.17) is 9.26 Å². The Morgan fingerprint density at radius 1 is 1.29 bits per heavy atom. The van der Waals surface area contributed by atoms with Crippen LogP contribution in [0.4, 0.5) is 0 Å². The molecule has 17 heavy (non-hydrogen) atoms. The molecule has 0 saturated carbocycles. The summed E-state index contributed by atoms with van der Waals surface area (Å²) in [7, 11) is 0. The fourth-order valence-corrected chi connectivity index (χ4v) is 1.56. The lowest BCUT2D eigenvalue weighted by molar-refractivity contribution is 0.0976. The zero-order valence-electron chi connectivity index (χ0n) is 11.0. The molecular formula is C13H24N2O2. The fraction of sp³-hybridized carbons (Fsp3) is 0.769. The van der Waals surface area contributed by atoms with Gasteiger partial charge in [0.15, 0.2) is 5.76 Å². The molecule has 1 aromatic heterocycles. The van der Waals surface area contributed by atoms with Gasteiger partial charge in [0.2, 0.25) is 0 Å². The lowest BCUT2D eigenvalue weighted by Crippen LogP contribution is -2.11. The third kappa shape index (κ3) is 6.44. The average molecular weight is 240 g/mol. The first-order valence-electron chi connectivity index (χ1n) is 6.59. The molecule has 0 aliphatic heterocycles. The Morgan fingerprint density at radius 2 is 2.18 bits per heavy atom. The summed E-state index contributed by atoms with van der Waals surface area (Å²) in [4.78, 5) is 0. The second-order valence-electron chi connectivity index (χ2n) is 4.18. The van der Waals surface area contributed by atoms with Crippen LogP contribution in [0, 0.1) is 0 Å². The Bertz CT molecular complexity index is 287. The van der Waals surface area contributed by atoms with Gasteiger partial charge in [0.05, 0.1) is 5.69 Å². The summed E-state index contributed by atoms with van der Waals surface area (Å²) in [6, 6.07) is 1.95. The molecule has 0 saturated heterocycles. The van der Waals surface area contributed by atoms with Crippen molar-refractivity contribution in [3.8, 4) is 0 Å². The molecule has 1 heterocycles. The Kier molecular flexibility index (Phi) is 7.67. The Morgan fingerprint density at radius 3 is 2.94 bits per heavy atom. The quantitative estimate of drug-likeness (QED) is 0.639. The van der Waals surface area contributed by atoms with Gasteiger partial charge >= 0.3 is 0 Å². The van der Waals surface area contributed by atoms with Gasteiger partial charge in [-0.3, -0.25) is 0 Å². The highest BCUT2D eigenvalue weighted by molar-refractivity contribution is 5.04. The van der Waals surface area contributed by atoms with E-state index in [2.05, 4.69) is 24.3 Å². The molecule has 4 nitrogen and oxygen atoms in total. The monoisotopic (exact) mass is 240 g/mol. The van der Waals surface area contributed by atoms with Crippen molar-refractivity contribution in [2.24, 2.45) is 0 Å². The number of nitrogens with zero attached hydrogens (tertiary/aromatic N) is 1. The van der Waals surface area contributed by atoms with E-state index in [1.807, 2.05) is 6.07 Å². The van der Waals surface area contributed by atoms with Crippen LogP contribution < -0.4 is 5.32 Å². The Labute approximate surface area is 104 Å². The number of rotatable bonds is 10. The molecule has 1 aromatic rings. The first kappa shape index (κ1) is 14.2. The Hall–Kier alpha value is -0.870. The molecule has 1 rings (SSSR count). The number of ether oxygens (including phenoxy) is 1. The van der Waals surface area contributed by atoms with Crippen molar-refractivity contribution in [3.05, 3.63) is 17.5 Å². The Balaban J connectivity index is 2.08. The van der Waals surface area contributed by atoms with Gasteiger partial charge in [-0.2, -0.15) is 0 Å². The summed E-state index contributed by atoms with van der Waals surface area (Å²) in [5.41, 5.74) is 0.941. The molecule has 0 amide bonds. The molecule has 1 N–H and O–H groups in total. The standard InChI is InChI=1S/C13H24N2O2/c1-3-5-6-7-8-16-11-13-9-12(15-17-13)10-14-4-2/h9,14H,3-8,10-11H2,1-2H3. The number of hydrogen-bond donors (Lipinski definition) is 1. The van der Waals surface area contributed by atoms with Crippen LogP contribution in [0.3, 0.4) is 0 Å². The summed E-state index contributed by atoms with van der Waals surface area (Å²) < 4.78 is 10.7. The van der Waals surface area contributed by atoms with Crippen molar-refractivity contribution in [1.29, 1.82) is 0 Å². The van der Waals surface area contributed by atoms with Crippen LogP contribution in [0.15, 0.2) is 10.6 Å². The van der Waals surface area contributed by atoms with Crippen molar-refractivity contribution < 1.29 is 9.26 Å². The van der Waals surface area contributed by atoms with E-state index in [-0.39, 0.29) is 0 Å². The molecular weight excluding hydrogens is 216 g/mol. The molecule has 0 unspecified atom stereocenters. The number of hydrogen-bond acceptors (Lipinski definition) is 4. The first-order chi connectivity index (χ1) is 8.36. The summed E-state index contributed by atoms with van der Waals surface area (Å²) in [5, 5.41) is 7.17. The number of aromatic nitrogens is 1. The second kappa shape index (κ2) is 9.19. The van der Waals surface area contributed by atoms with Gasteiger partial charge in [-0.05, 0) is 13.0 Å². The van der Waals surface area contributed by atoms with Gasteiger partial charge in [-0.15, -0.1) is 0 Å². The highest BCUT2D eigenvalue weighted by Crippen LogP contribution is 2.06. The van der Waals surface area contributed by atoms with Gasteiger partial charge in [0.25, 0.3) is 0 Å². The van der Waals surface area contributed by atoms with Crippen LogP contribution >= 0.6 is 0 Å². The van der Waals surface area contributed by atoms with Crippen molar-refractivity contribution >= 4 is 0 Å². The van der Waals surface area contributed by atoms with Crippen LogP contribution in [0.1, 0.15) is 51.0 Å². The van der Waals surface area contributed by atoms with Crippen LogP contribution in [-0.4, -0.2) is 18.3 Å². The molecule has 4 heteroatoms. The minimum atomic E-state index is 0.533.